The van der Waals surface area contributed by atoms with Gasteiger partial charge in [-0.25, -0.2) is 8.77 Å². The van der Waals surface area contributed by atoms with Crippen molar-refractivity contribution < 1.29 is 111 Å². The van der Waals surface area contributed by atoms with Crippen molar-refractivity contribution in [1.29, 1.82) is 0 Å². The molecule has 1 rings (SSSR count). The van der Waals surface area contributed by atoms with Crippen molar-refractivity contribution in [2.45, 2.75) is 11.8 Å². The fourth-order valence-corrected chi connectivity index (χ4v) is 2.23. The minimum Gasteiger partial charge on any atom is -0.788 e. The van der Waals surface area contributed by atoms with Gasteiger partial charge in [-0.3, -0.25) is 0 Å². The first-order valence-electron chi connectivity index (χ1n) is 3.67. The molecule has 0 spiro atoms. The topological polar surface area (TPSA) is 46.5 Å². The second kappa shape index (κ2) is 9.46. The fourth-order valence-electron chi connectivity index (χ4n) is 0.861. The van der Waals surface area contributed by atoms with Crippen LogP contribution in [0.3, 0.4) is 0 Å². The summed E-state index contributed by atoms with van der Waals surface area (Å²) in [4.78, 5) is 0.107. The molecule has 0 saturated heterocycles. The van der Waals surface area contributed by atoms with Gasteiger partial charge in [-0.15, -0.1) is 0 Å². The quantitative estimate of drug-likeness (QED) is 0.237. The Bertz CT molecular complexity index is 453. The number of hydrogen-bond donors (Lipinski definition) is 0. The first-order chi connectivity index (χ1) is 6.42. The molecule has 0 unspecified atom stereocenters. The van der Waals surface area contributed by atoms with E-state index in [1.54, 1.807) is 12.1 Å². The van der Waals surface area contributed by atoms with Crippen molar-refractivity contribution in [3.8, 4) is 0 Å². The van der Waals surface area contributed by atoms with Crippen LogP contribution in [-0.2, 0) is 35.3 Å². The van der Waals surface area contributed by atoms with Crippen molar-refractivity contribution in [3.63, 3.8) is 0 Å². The van der Waals surface area contributed by atoms with Crippen LogP contribution in [0.15, 0.2) is 33.6 Å². The van der Waals surface area contributed by atoms with Crippen LogP contribution < -0.4 is 103 Å². The van der Waals surface area contributed by atoms with Crippen molar-refractivity contribution >= 4 is 39.7 Å². The van der Waals surface area contributed by atoms with Gasteiger partial charge < -0.3 is 25.3 Å². The Morgan fingerprint density at radius 1 is 1.12 bits per heavy atom. The van der Waals surface area contributed by atoms with Crippen molar-refractivity contribution in [1.82, 2.24) is 0 Å². The molecule has 0 aromatic heterocycles. The molecule has 1 aromatic carbocycles. The van der Waals surface area contributed by atoms with Gasteiger partial charge in [0.05, 0.1) is 4.90 Å². The van der Waals surface area contributed by atoms with E-state index in [2.05, 4.69) is 29.7 Å². The molecule has 0 aliphatic carbocycles. The summed E-state index contributed by atoms with van der Waals surface area (Å²) in [6, 6.07) is 6.33. The summed E-state index contributed by atoms with van der Waals surface area (Å²) < 4.78 is 25.8. The molecule has 0 amide bonds. The van der Waals surface area contributed by atoms with Gasteiger partial charge in [0, 0.05) is 0 Å². The Morgan fingerprint density at radius 3 is 1.94 bits per heavy atom. The van der Waals surface area contributed by atoms with E-state index in [4.69, 9.17) is 0 Å². The third-order valence-corrected chi connectivity index (χ3v) is 3.22. The van der Waals surface area contributed by atoms with E-state index >= 15 is 0 Å². The first-order valence-corrected chi connectivity index (χ1v) is 5.93. The largest absolute Gasteiger partial charge is 1.00 e. The molecule has 8 heteroatoms. The molecule has 0 fully saturated rings. The normalized spacial score (nSPS) is 9.56. The van der Waals surface area contributed by atoms with E-state index in [1.807, 2.05) is 6.92 Å². The Kier molecular flexibility index (Phi) is 12.3. The van der Waals surface area contributed by atoms with Crippen LogP contribution in [0.2, 0.25) is 0 Å². The van der Waals surface area contributed by atoms with E-state index < -0.39 is 10.0 Å². The maximum atomic E-state index is 11.4. The number of nitrogens with zero attached hydrogens (tertiary/aromatic N) is 1. The molecule has 1 aromatic rings. The molecule has 0 N–H and O–H groups in total. The Balaban J connectivity index is 0. The number of hydrogen-bond acceptors (Lipinski definition) is 4. The van der Waals surface area contributed by atoms with E-state index in [0.717, 1.165) is 5.56 Å². The number of rotatable bonds is 2. The van der Waals surface area contributed by atoms with Gasteiger partial charge in [-0.2, -0.15) is 8.42 Å². The molecule has 0 saturated carbocycles. The second-order valence-electron chi connectivity index (χ2n) is 2.65. The van der Waals surface area contributed by atoms with Crippen LogP contribution in [0.25, 0.3) is 0 Å². The third-order valence-electron chi connectivity index (χ3n) is 1.51. The monoisotopic (exact) mass is 323 g/mol. The summed E-state index contributed by atoms with van der Waals surface area (Å²) in [7, 11) is -3.70. The van der Waals surface area contributed by atoms with Crippen LogP contribution >= 0.6 is 0 Å². The molecule has 76 valence electrons. The SMILES string of the molecule is Cc1ccc(S(=O)(=O)N=C([S-])[S-])cc1.[K+].[K+]. The molecule has 16 heavy (non-hydrogen) atoms. The fraction of sp³-hybridized carbons (Fsp3) is 0.125. The minimum absolute atomic E-state index is 0. The van der Waals surface area contributed by atoms with Gasteiger partial charge in [0.25, 0.3) is 10.0 Å². The average molecular weight is 324 g/mol. The minimum atomic E-state index is -3.70. The number of aryl methyl sites for hydroxylation is 1. The molecule has 0 radical (unpaired) electrons. The van der Waals surface area contributed by atoms with Crippen LogP contribution in [0.1, 0.15) is 5.56 Å². The maximum Gasteiger partial charge on any atom is 1.00 e. The zero-order valence-electron chi connectivity index (χ0n) is 9.30. The number of benzene rings is 1. The molecule has 0 heterocycles. The summed E-state index contributed by atoms with van der Waals surface area (Å²) in [5.74, 6) is 0. The first kappa shape index (κ1) is 20.9. The average Bonchev–Trinajstić information content (AvgIpc) is 2.02. The molecule has 0 bridgehead atoms. The number of sulfonamides is 1. The van der Waals surface area contributed by atoms with Gasteiger partial charge in [0.15, 0.2) is 0 Å². The van der Waals surface area contributed by atoms with Crippen molar-refractivity contribution in [2.24, 2.45) is 4.40 Å². The third kappa shape index (κ3) is 7.22. The molecule has 3 nitrogen and oxygen atoms in total. The van der Waals surface area contributed by atoms with Crippen LogP contribution in [0.5, 0.6) is 0 Å². The Morgan fingerprint density at radius 2 is 1.56 bits per heavy atom. The molecule has 0 atom stereocenters. The van der Waals surface area contributed by atoms with Crippen molar-refractivity contribution in [2.75, 3.05) is 0 Å². The van der Waals surface area contributed by atoms with Gasteiger partial charge in [-0.05, 0) is 19.1 Å². The van der Waals surface area contributed by atoms with Crippen LogP contribution in [0, 0.1) is 6.92 Å². The predicted molar refractivity (Wildman–Crippen MR) is 60.5 cm³/mol. The second-order valence-corrected chi connectivity index (χ2v) is 5.28. The van der Waals surface area contributed by atoms with Crippen LogP contribution in [-0.4, -0.2) is 12.8 Å². The molecular weight excluding hydrogens is 316 g/mol. The standard InChI is InChI=1S/C8H9NO2S3.2K/c1-6-2-4-7(5-3-6)14(10,11)9-8(12)13;;/h2-5H,1H3,(H2,9,12,13);;/q;2*+1/p-2. The van der Waals surface area contributed by atoms with Gasteiger partial charge >= 0.3 is 103 Å². The summed E-state index contributed by atoms with van der Waals surface area (Å²) >= 11 is 8.88. The van der Waals surface area contributed by atoms with E-state index in [-0.39, 0.29) is 112 Å². The van der Waals surface area contributed by atoms with E-state index in [9.17, 15) is 8.42 Å². The molecular formula is C8H7K2NO2S3. The summed E-state index contributed by atoms with van der Waals surface area (Å²) in [6.45, 7) is 1.87. The molecule has 0 aliphatic heterocycles. The predicted octanol–water partition coefficient (Wildman–Crippen LogP) is -4.86. The summed E-state index contributed by atoms with van der Waals surface area (Å²) in [5, 5.41) is 0. The Labute approximate surface area is 192 Å². The van der Waals surface area contributed by atoms with Gasteiger partial charge in [0.1, 0.15) is 0 Å². The van der Waals surface area contributed by atoms with E-state index in [0.29, 0.717) is 0 Å². The Hall–Kier alpha value is 2.55. The smallest absolute Gasteiger partial charge is 0.788 e. The van der Waals surface area contributed by atoms with Gasteiger partial charge in [0.2, 0.25) is 0 Å². The zero-order chi connectivity index (χ0) is 10.8. The summed E-state index contributed by atoms with van der Waals surface area (Å²) in [5.41, 5.74) is 0.977. The van der Waals surface area contributed by atoms with Crippen molar-refractivity contribution in [3.05, 3.63) is 29.8 Å². The van der Waals surface area contributed by atoms with Crippen LogP contribution in [0.4, 0.5) is 0 Å². The van der Waals surface area contributed by atoms with Gasteiger partial charge in [-0.1, -0.05) is 17.7 Å². The zero-order valence-corrected chi connectivity index (χ0v) is 18.0. The maximum absolute atomic E-state index is 11.4. The molecule has 0 aliphatic rings. The van der Waals surface area contributed by atoms with E-state index in [1.165, 1.54) is 12.1 Å². The summed E-state index contributed by atoms with van der Waals surface area (Å²) in [6.07, 6.45) is 0.